The van der Waals surface area contributed by atoms with Gasteiger partial charge >= 0.3 is 0 Å². The minimum absolute atomic E-state index is 0.231. The van der Waals surface area contributed by atoms with Crippen LogP contribution in [0.3, 0.4) is 0 Å². The number of nitrogens with one attached hydrogen (secondary N) is 1. The van der Waals surface area contributed by atoms with Crippen molar-refractivity contribution in [3.05, 3.63) is 35.4 Å². The Bertz CT molecular complexity index is 420. The summed E-state index contributed by atoms with van der Waals surface area (Å²) < 4.78 is 31.8. The van der Waals surface area contributed by atoms with Crippen molar-refractivity contribution < 1.29 is 23.4 Å². The zero-order chi connectivity index (χ0) is 15.0. The Balaban J connectivity index is 2.39. The molecule has 0 bridgehead atoms. The van der Waals surface area contributed by atoms with Gasteiger partial charge in [0.05, 0.1) is 5.56 Å². The van der Waals surface area contributed by atoms with Gasteiger partial charge in [0.25, 0.3) is 0 Å². The van der Waals surface area contributed by atoms with Crippen molar-refractivity contribution in [2.45, 2.75) is 25.9 Å². The van der Waals surface area contributed by atoms with E-state index in [0.29, 0.717) is 19.6 Å². The van der Waals surface area contributed by atoms with E-state index in [1.165, 1.54) is 6.07 Å². The maximum Gasteiger partial charge on any atom is 0.220 e. The summed E-state index contributed by atoms with van der Waals surface area (Å²) in [5, 5.41) is 12.2. The molecule has 0 fully saturated rings. The average Bonchev–Trinajstić information content (AvgIpc) is 2.41. The van der Waals surface area contributed by atoms with Crippen LogP contribution in [-0.4, -0.2) is 30.8 Å². The highest BCUT2D eigenvalue weighted by atomic mass is 19.1. The molecule has 1 aromatic carbocycles. The third-order valence-corrected chi connectivity index (χ3v) is 2.72. The summed E-state index contributed by atoms with van der Waals surface area (Å²) in [6.45, 7) is 2.70. The zero-order valence-electron chi connectivity index (χ0n) is 11.4. The molecule has 1 atom stereocenters. The Kier molecular flexibility index (Phi) is 7.11. The fraction of sp³-hybridized carbons (Fsp3) is 0.500. The first-order valence-corrected chi connectivity index (χ1v) is 6.52. The quantitative estimate of drug-likeness (QED) is 0.718. The van der Waals surface area contributed by atoms with Crippen LogP contribution in [0.1, 0.15) is 31.4 Å². The van der Waals surface area contributed by atoms with Gasteiger partial charge in [0.1, 0.15) is 17.7 Å². The maximum atomic E-state index is 13.4. The van der Waals surface area contributed by atoms with Crippen molar-refractivity contribution in [3.8, 4) is 0 Å². The molecule has 0 saturated heterocycles. The van der Waals surface area contributed by atoms with E-state index in [4.69, 9.17) is 4.74 Å². The van der Waals surface area contributed by atoms with Crippen LogP contribution in [0.5, 0.6) is 0 Å². The first-order valence-electron chi connectivity index (χ1n) is 6.52. The lowest BCUT2D eigenvalue weighted by molar-refractivity contribution is -0.121. The number of rotatable bonds is 8. The standard InChI is InChI=1S/C14H19F2NO3/c1-2-20-8-4-7-13(19)17-9-12(18)14-10(15)5-3-6-11(14)16/h3,5-6,12,18H,2,4,7-9H2,1H3,(H,17,19). The van der Waals surface area contributed by atoms with Gasteiger partial charge in [0.15, 0.2) is 0 Å². The maximum absolute atomic E-state index is 13.4. The predicted molar refractivity (Wildman–Crippen MR) is 70.1 cm³/mol. The molecule has 0 aliphatic heterocycles. The zero-order valence-corrected chi connectivity index (χ0v) is 11.4. The second kappa shape index (κ2) is 8.60. The second-order valence-electron chi connectivity index (χ2n) is 4.26. The molecule has 0 saturated carbocycles. The number of ether oxygens (including phenoxy) is 1. The highest BCUT2D eigenvalue weighted by Gasteiger charge is 2.18. The molecule has 112 valence electrons. The Morgan fingerprint density at radius 2 is 2.05 bits per heavy atom. The molecule has 1 rings (SSSR count). The van der Waals surface area contributed by atoms with Gasteiger partial charge in [-0.05, 0) is 25.5 Å². The van der Waals surface area contributed by atoms with Gasteiger partial charge < -0.3 is 15.2 Å². The largest absolute Gasteiger partial charge is 0.386 e. The topological polar surface area (TPSA) is 58.6 Å². The summed E-state index contributed by atoms with van der Waals surface area (Å²) in [4.78, 5) is 11.4. The number of hydrogen-bond donors (Lipinski definition) is 2. The molecule has 0 aliphatic rings. The van der Waals surface area contributed by atoms with Crippen LogP contribution in [0.2, 0.25) is 0 Å². The molecule has 1 unspecified atom stereocenters. The number of amides is 1. The molecule has 0 aromatic heterocycles. The molecule has 1 amide bonds. The van der Waals surface area contributed by atoms with Crippen LogP contribution in [0, 0.1) is 11.6 Å². The van der Waals surface area contributed by atoms with Crippen LogP contribution < -0.4 is 5.32 Å². The van der Waals surface area contributed by atoms with Crippen molar-refractivity contribution in [2.75, 3.05) is 19.8 Å². The van der Waals surface area contributed by atoms with Crippen LogP contribution >= 0.6 is 0 Å². The van der Waals surface area contributed by atoms with Gasteiger partial charge in [-0.2, -0.15) is 0 Å². The second-order valence-corrected chi connectivity index (χ2v) is 4.26. The normalized spacial score (nSPS) is 12.2. The molecule has 6 heteroatoms. The average molecular weight is 287 g/mol. The number of carbonyl (C=O) groups excluding carboxylic acids is 1. The lowest BCUT2D eigenvalue weighted by Crippen LogP contribution is -2.29. The summed E-state index contributed by atoms with van der Waals surface area (Å²) in [7, 11) is 0. The molecular formula is C14H19F2NO3. The van der Waals surface area contributed by atoms with Gasteiger partial charge in [0.2, 0.25) is 5.91 Å². The number of hydrogen-bond acceptors (Lipinski definition) is 3. The number of aliphatic hydroxyl groups is 1. The minimum atomic E-state index is -1.41. The van der Waals surface area contributed by atoms with Crippen LogP contribution in [-0.2, 0) is 9.53 Å². The minimum Gasteiger partial charge on any atom is -0.386 e. The molecule has 4 nitrogen and oxygen atoms in total. The highest BCUT2D eigenvalue weighted by molar-refractivity contribution is 5.75. The van der Waals surface area contributed by atoms with E-state index >= 15 is 0 Å². The van der Waals surface area contributed by atoms with E-state index < -0.39 is 23.3 Å². The Hall–Kier alpha value is -1.53. The Morgan fingerprint density at radius 1 is 1.40 bits per heavy atom. The molecular weight excluding hydrogens is 268 g/mol. The third kappa shape index (κ3) is 5.22. The monoisotopic (exact) mass is 287 g/mol. The van der Waals surface area contributed by atoms with Gasteiger partial charge in [-0.15, -0.1) is 0 Å². The molecule has 20 heavy (non-hydrogen) atoms. The summed E-state index contributed by atoms with van der Waals surface area (Å²) in [6, 6.07) is 3.34. The lowest BCUT2D eigenvalue weighted by atomic mass is 10.1. The summed E-state index contributed by atoms with van der Waals surface area (Å²) in [5.74, 6) is -1.95. The number of carbonyl (C=O) groups is 1. The van der Waals surface area contributed by atoms with Crippen molar-refractivity contribution >= 4 is 5.91 Å². The van der Waals surface area contributed by atoms with Crippen molar-refractivity contribution in [1.29, 1.82) is 0 Å². The first-order chi connectivity index (χ1) is 9.56. The number of benzene rings is 1. The fourth-order valence-corrected chi connectivity index (χ4v) is 1.71. The molecule has 0 aliphatic carbocycles. The predicted octanol–water partition coefficient (Wildman–Crippen LogP) is 1.93. The van der Waals surface area contributed by atoms with E-state index in [-0.39, 0.29) is 18.9 Å². The van der Waals surface area contributed by atoms with Crippen LogP contribution in [0.15, 0.2) is 18.2 Å². The SMILES string of the molecule is CCOCCCC(=O)NCC(O)c1c(F)cccc1F. The molecule has 2 N–H and O–H groups in total. The fourth-order valence-electron chi connectivity index (χ4n) is 1.71. The van der Waals surface area contributed by atoms with E-state index in [1.54, 1.807) is 0 Å². The summed E-state index contributed by atoms with van der Waals surface area (Å²) in [5.41, 5.74) is -0.429. The van der Waals surface area contributed by atoms with E-state index in [9.17, 15) is 18.7 Å². The van der Waals surface area contributed by atoms with Crippen molar-refractivity contribution in [2.24, 2.45) is 0 Å². The first kappa shape index (κ1) is 16.5. The summed E-state index contributed by atoms with van der Waals surface area (Å²) >= 11 is 0. The Morgan fingerprint density at radius 3 is 2.65 bits per heavy atom. The molecule has 1 aromatic rings. The lowest BCUT2D eigenvalue weighted by Gasteiger charge is -2.13. The van der Waals surface area contributed by atoms with E-state index in [0.717, 1.165) is 12.1 Å². The number of aliphatic hydroxyl groups excluding tert-OH is 1. The Labute approximate surface area is 116 Å². The van der Waals surface area contributed by atoms with Gasteiger partial charge in [-0.3, -0.25) is 4.79 Å². The molecule has 0 radical (unpaired) electrons. The van der Waals surface area contributed by atoms with Gasteiger partial charge in [-0.25, -0.2) is 8.78 Å². The smallest absolute Gasteiger partial charge is 0.220 e. The van der Waals surface area contributed by atoms with Crippen LogP contribution in [0.25, 0.3) is 0 Å². The highest BCUT2D eigenvalue weighted by Crippen LogP contribution is 2.19. The van der Waals surface area contributed by atoms with E-state index in [2.05, 4.69) is 5.32 Å². The van der Waals surface area contributed by atoms with Crippen molar-refractivity contribution in [1.82, 2.24) is 5.32 Å². The van der Waals surface area contributed by atoms with Gasteiger partial charge in [0, 0.05) is 26.2 Å². The van der Waals surface area contributed by atoms with Gasteiger partial charge in [-0.1, -0.05) is 6.07 Å². The summed E-state index contributed by atoms with van der Waals surface area (Å²) in [6.07, 6.45) is -0.608. The van der Waals surface area contributed by atoms with Crippen LogP contribution in [0.4, 0.5) is 8.78 Å². The van der Waals surface area contributed by atoms with Crippen molar-refractivity contribution in [3.63, 3.8) is 0 Å². The van der Waals surface area contributed by atoms with E-state index in [1.807, 2.05) is 6.92 Å². The molecule has 0 spiro atoms. The third-order valence-electron chi connectivity index (χ3n) is 2.72. The number of halogens is 2. The molecule has 0 heterocycles.